The van der Waals surface area contributed by atoms with E-state index in [-0.39, 0.29) is 22.3 Å². The molecule has 4 aromatic rings. The van der Waals surface area contributed by atoms with Gasteiger partial charge in [0.15, 0.2) is 18.0 Å². The second kappa shape index (κ2) is 19.3. The Balaban J connectivity index is 1.57. The number of anilines is 2. The van der Waals surface area contributed by atoms with Crippen molar-refractivity contribution in [3.05, 3.63) is 107 Å². The van der Waals surface area contributed by atoms with Crippen LogP contribution in [0.4, 0.5) is 37.7 Å². The third-order valence-electron chi connectivity index (χ3n) is 8.22. The zero-order valence-electron chi connectivity index (χ0n) is 31.0. The number of hydrogen-bond donors (Lipinski definition) is 2. The summed E-state index contributed by atoms with van der Waals surface area (Å²) in [6.07, 6.45) is -13.4. The van der Waals surface area contributed by atoms with Crippen LogP contribution in [0.3, 0.4) is 0 Å². The number of esters is 2. The van der Waals surface area contributed by atoms with Crippen LogP contribution in [-0.4, -0.2) is 81.7 Å². The first kappa shape index (κ1) is 43.8. The standard InChI is InChI=1S/C40H38F6N2O9/c1-23(49)34-21-26(5-15-32(34)37(51)55-19-17-53-24(2)39(41,42)43)27-6-16-33(38(52)56-20-18-54-25(3)40(44,45)46)35(22-27)36(50)48-29-9-13-31(14-10-29)57-30-11-7-28(47-4)8-12-30/h5-16,21-22,24-25,47H,17-20H2,1-4H3,(H,48,50). The number of hydrogen-bond acceptors (Lipinski definition) is 10. The number of ketones is 1. The Kier molecular flexibility index (Phi) is 14.8. The highest BCUT2D eigenvalue weighted by Crippen LogP contribution is 2.29. The Hall–Kier alpha value is -5.94. The van der Waals surface area contributed by atoms with Gasteiger partial charge in [-0.05, 0) is 105 Å². The predicted octanol–water partition coefficient (Wildman–Crippen LogP) is 8.89. The summed E-state index contributed by atoms with van der Waals surface area (Å²) in [6, 6.07) is 21.5. The minimum atomic E-state index is -4.62. The molecule has 0 aliphatic carbocycles. The van der Waals surface area contributed by atoms with E-state index in [1.807, 2.05) is 12.1 Å². The molecule has 0 saturated carbocycles. The molecule has 0 radical (unpaired) electrons. The molecule has 0 heterocycles. The molecule has 4 aromatic carbocycles. The molecule has 2 unspecified atom stereocenters. The summed E-state index contributed by atoms with van der Waals surface area (Å²) >= 11 is 0. The van der Waals surface area contributed by atoms with Gasteiger partial charge in [-0.1, -0.05) is 12.1 Å². The van der Waals surface area contributed by atoms with E-state index < -0.39 is 74.6 Å². The van der Waals surface area contributed by atoms with E-state index in [9.17, 15) is 45.5 Å². The maximum Gasteiger partial charge on any atom is 0.414 e. The third kappa shape index (κ3) is 12.5. The number of halogens is 6. The molecule has 0 aliphatic rings. The number of benzene rings is 4. The lowest BCUT2D eigenvalue weighted by molar-refractivity contribution is -0.216. The van der Waals surface area contributed by atoms with E-state index in [0.717, 1.165) is 19.5 Å². The molecule has 4 rings (SSSR count). The van der Waals surface area contributed by atoms with Crippen LogP contribution in [0, 0.1) is 0 Å². The Labute approximate surface area is 323 Å². The summed E-state index contributed by atoms with van der Waals surface area (Å²) in [4.78, 5) is 52.3. The molecule has 11 nitrogen and oxygen atoms in total. The average Bonchev–Trinajstić information content (AvgIpc) is 3.17. The van der Waals surface area contributed by atoms with Crippen LogP contribution < -0.4 is 15.4 Å². The number of amides is 1. The number of carbonyl (C=O) groups is 4. The molecular weight excluding hydrogens is 766 g/mol. The van der Waals surface area contributed by atoms with Crippen molar-refractivity contribution in [2.24, 2.45) is 0 Å². The number of Topliss-reactive ketones (excluding diaryl/α,β-unsaturated/α-hetero) is 1. The number of carbonyl (C=O) groups excluding carboxylic acids is 4. The number of nitrogens with one attached hydrogen (secondary N) is 2. The lowest BCUT2D eigenvalue weighted by Gasteiger charge is -2.17. The second-order valence-corrected chi connectivity index (χ2v) is 12.3. The van der Waals surface area contributed by atoms with Crippen LogP contribution in [0.1, 0.15) is 62.2 Å². The van der Waals surface area contributed by atoms with Crippen molar-refractivity contribution in [3.63, 3.8) is 0 Å². The minimum Gasteiger partial charge on any atom is -0.460 e. The summed E-state index contributed by atoms with van der Waals surface area (Å²) in [5, 5.41) is 5.68. The minimum absolute atomic E-state index is 0.107. The van der Waals surface area contributed by atoms with Gasteiger partial charge in [-0.2, -0.15) is 26.3 Å². The van der Waals surface area contributed by atoms with Crippen LogP contribution in [0.15, 0.2) is 84.9 Å². The molecule has 304 valence electrons. The summed E-state index contributed by atoms with van der Waals surface area (Å²) in [5.74, 6) is -2.36. The normalized spacial score (nSPS) is 12.6. The van der Waals surface area contributed by atoms with Gasteiger partial charge in [-0.25, -0.2) is 9.59 Å². The molecular formula is C40H38F6N2O9. The zero-order valence-corrected chi connectivity index (χ0v) is 31.0. The fraction of sp³-hybridized carbons (Fsp3) is 0.300. The highest BCUT2D eigenvalue weighted by atomic mass is 19.4. The van der Waals surface area contributed by atoms with E-state index >= 15 is 0 Å². The molecule has 0 aromatic heterocycles. The Bertz CT molecular complexity index is 2040. The zero-order chi connectivity index (χ0) is 41.9. The Morgan fingerprint density at radius 2 is 1.00 bits per heavy atom. The van der Waals surface area contributed by atoms with Crippen molar-refractivity contribution in [3.8, 4) is 22.6 Å². The molecule has 0 fully saturated rings. The molecule has 0 aliphatic heterocycles. The monoisotopic (exact) mass is 804 g/mol. The summed E-state index contributed by atoms with van der Waals surface area (Å²) < 4.78 is 102. The van der Waals surface area contributed by atoms with Gasteiger partial charge in [0.25, 0.3) is 5.91 Å². The maximum absolute atomic E-state index is 13.7. The lowest BCUT2D eigenvalue weighted by atomic mass is 9.94. The molecule has 17 heteroatoms. The van der Waals surface area contributed by atoms with E-state index in [1.165, 1.54) is 43.3 Å². The van der Waals surface area contributed by atoms with Gasteiger partial charge in [0.2, 0.25) is 0 Å². The first-order valence-electron chi connectivity index (χ1n) is 17.2. The van der Waals surface area contributed by atoms with Crippen molar-refractivity contribution in [2.75, 3.05) is 44.1 Å². The number of ether oxygens (including phenoxy) is 5. The summed E-state index contributed by atoms with van der Waals surface area (Å²) in [5.41, 5.74) is 1.04. The van der Waals surface area contributed by atoms with Gasteiger partial charge >= 0.3 is 24.3 Å². The molecule has 0 spiro atoms. The Morgan fingerprint density at radius 3 is 1.42 bits per heavy atom. The maximum atomic E-state index is 13.7. The fourth-order valence-electron chi connectivity index (χ4n) is 4.98. The largest absolute Gasteiger partial charge is 0.460 e. The molecule has 57 heavy (non-hydrogen) atoms. The molecule has 0 saturated heterocycles. The van der Waals surface area contributed by atoms with Gasteiger partial charge in [0, 0.05) is 24.0 Å². The van der Waals surface area contributed by atoms with Crippen molar-refractivity contribution in [1.29, 1.82) is 0 Å². The van der Waals surface area contributed by atoms with Gasteiger partial charge in [-0.15, -0.1) is 0 Å². The SMILES string of the molecule is CNc1ccc(Oc2ccc(NC(=O)c3cc(-c4ccc(C(=O)OCCOC(C)C(F)(F)F)c(C(C)=O)c4)ccc3C(=O)OCCOC(C)C(F)(F)F)cc2)cc1. The highest BCUT2D eigenvalue weighted by molar-refractivity contribution is 6.12. The van der Waals surface area contributed by atoms with Crippen molar-refractivity contribution in [1.82, 2.24) is 0 Å². The number of alkyl halides is 6. The fourth-order valence-corrected chi connectivity index (χ4v) is 4.98. The van der Waals surface area contributed by atoms with Crippen molar-refractivity contribution in [2.45, 2.75) is 45.3 Å². The van der Waals surface area contributed by atoms with Crippen molar-refractivity contribution >= 4 is 35.0 Å². The Morgan fingerprint density at radius 1 is 0.579 bits per heavy atom. The topological polar surface area (TPSA) is 138 Å². The quantitative estimate of drug-likeness (QED) is 0.0461. The van der Waals surface area contributed by atoms with Crippen LogP contribution >= 0.6 is 0 Å². The molecule has 1 amide bonds. The lowest BCUT2D eigenvalue weighted by Crippen LogP contribution is -2.30. The van der Waals surface area contributed by atoms with Crippen LogP contribution in [0.5, 0.6) is 11.5 Å². The van der Waals surface area contributed by atoms with Crippen molar-refractivity contribution < 1.29 is 69.2 Å². The number of rotatable bonds is 17. The first-order chi connectivity index (χ1) is 26.9. The van der Waals surface area contributed by atoms with E-state index in [0.29, 0.717) is 28.3 Å². The van der Waals surface area contributed by atoms with Crippen LogP contribution in [0.25, 0.3) is 11.1 Å². The average molecular weight is 805 g/mol. The molecule has 2 atom stereocenters. The summed E-state index contributed by atoms with van der Waals surface area (Å²) in [6.45, 7) is 0.559. The van der Waals surface area contributed by atoms with Crippen LogP contribution in [-0.2, 0) is 18.9 Å². The highest BCUT2D eigenvalue weighted by Gasteiger charge is 2.37. The molecule has 2 N–H and O–H groups in total. The van der Waals surface area contributed by atoms with E-state index in [1.54, 1.807) is 43.4 Å². The third-order valence-corrected chi connectivity index (χ3v) is 8.22. The van der Waals surface area contributed by atoms with E-state index in [4.69, 9.17) is 14.2 Å². The van der Waals surface area contributed by atoms with Gasteiger partial charge in [0.1, 0.15) is 24.7 Å². The smallest absolute Gasteiger partial charge is 0.414 e. The van der Waals surface area contributed by atoms with E-state index in [2.05, 4.69) is 20.1 Å². The van der Waals surface area contributed by atoms with Crippen LogP contribution in [0.2, 0.25) is 0 Å². The summed E-state index contributed by atoms with van der Waals surface area (Å²) in [7, 11) is 1.78. The van der Waals surface area contributed by atoms with Gasteiger partial charge in [0.05, 0.1) is 29.9 Å². The van der Waals surface area contributed by atoms with Gasteiger partial charge < -0.3 is 34.3 Å². The first-order valence-corrected chi connectivity index (χ1v) is 17.2. The van der Waals surface area contributed by atoms with Gasteiger partial charge in [-0.3, -0.25) is 9.59 Å². The molecule has 0 bridgehead atoms. The predicted molar refractivity (Wildman–Crippen MR) is 196 cm³/mol. The second-order valence-electron chi connectivity index (χ2n) is 12.3.